The highest BCUT2D eigenvalue weighted by Crippen LogP contribution is 2.15. The molecule has 0 aliphatic carbocycles. The van der Waals surface area contributed by atoms with E-state index in [1.54, 1.807) is 12.1 Å². The number of hydrogen-bond donors (Lipinski definition) is 1. The number of halogens is 2. The van der Waals surface area contributed by atoms with Crippen LogP contribution in [0.25, 0.3) is 5.65 Å². The number of hydrogen-bond acceptors (Lipinski definition) is 4. The Labute approximate surface area is 120 Å². The van der Waals surface area contributed by atoms with E-state index in [4.69, 9.17) is 0 Å². The molecular weight excluding hydrogens is 329 g/mol. The molecule has 0 aromatic carbocycles. The highest BCUT2D eigenvalue weighted by molar-refractivity contribution is 9.10. The van der Waals surface area contributed by atoms with Gasteiger partial charge in [-0.05, 0) is 40.2 Å². The van der Waals surface area contributed by atoms with Crippen molar-refractivity contribution in [2.45, 2.75) is 0 Å². The minimum Gasteiger partial charge on any atom is -0.288 e. The Morgan fingerprint density at radius 1 is 1.35 bits per heavy atom. The van der Waals surface area contributed by atoms with Crippen LogP contribution in [-0.4, -0.2) is 25.5 Å². The van der Waals surface area contributed by atoms with Crippen LogP contribution in [0.2, 0.25) is 0 Å². The van der Waals surface area contributed by atoms with Crippen molar-refractivity contribution in [3.8, 4) is 0 Å². The first-order chi connectivity index (χ1) is 9.63. The van der Waals surface area contributed by atoms with E-state index in [0.29, 0.717) is 10.1 Å². The third kappa shape index (κ3) is 2.37. The largest absolute Gasteiger partial charge is 0.288 e. The molecular formula is C12H7BrFN5O. The molecule has 0 atom stereocenters. The van der Waals surface area contributed by atoms with Crippen LogP contribution in [-0.2, 0) is 0 Å². The van der Waals surface area contributed by atoms with Gasteiger partial charge in [0.2, 0.25) is 5.95 Å². The van der Waals surface area contributed by atoms with Crippen LogP contribution < -0.4 is 5.32 Å². The van der Waals surface area contributed by atoms with E-state index < -0.39 is 11.7 Å². The van der Waals surface area contributed by atoms with Gasteiger partial charge in [0, 0.05) is 10.7 Å². The fraction of sp³-hybridized carbons (Fsp3) is 0. The normalized spacial score (nSPS) is 10.7. The smallest absolute Gasteiger partial charge is 0.277 e. The fourth-order valence-electron chi connectivity index (χ4n) is 1.62. The molecule has 1 amide bonds. The third-order valence-electron chi connectivity index (χ3n) is 2.49. The number of pyridine rings is 2. The van der Waals surface area contributed by atoms with Gasteiger partial charge in [-0.1, -0.05) is 0 Å². The van der Waals surface area contributed by atoms with Gasteiger partial charge in [0.1, 0.15) is 11.5 Å². The lowest BCUT2D eigenvalue weighted by Gasteiger charge is -2.01. The quantitative estimate of drug-likeness (QED) is 0.779. The van der Waals surface area contributed by atoms with Gasteiger partial charge in [0.15, 0.2) is 5.65 Å². The Morgan fingerprint density at radius 3 is 3.00 bits per heavy atom. The molecule has 6 nitrogen and oxygen atoms in total. The summed E-state index contributed by atoms with van der Waals surface area (Å²) >= 11 is 3.24. The maximum absolute atomic E-state index is 13.0. The van der Waals surface area contributed by atoms with Crippen molar-refractivity contribution >= 4 is 33.4 Å². The summed E-state index contributed by atoms with van der Waals surface area (Å²) in [5.74, 6) is -0.806. The number of carbonyl (C=O) groups excluding carboxylic acids is 1. The Bertz CT molecular complexity index is 803. The topological polar surface area (TPSA) is 72.2 Å². The molecule has 3 aromatic heterocycles. The Morgan fingerprint density at radius 2 is 2.20 bits per heavy atom. The zero-order chi connectivity index (χ0) is 14.1. The fourth-order valence-corrected chi connectivity index (χ4v) is 2.06. The monoisotopic (exact) mass is 335 g/mol. The molecule has 0 aliphatic rings. The lowest BCUT2D eigenvalue weighted by molar-refractivity contribution is 0.102. The van der Waals surface area contributed by atoms with Crippen LogP contribution in [0.1, 0.15) is 10.5 Å². The zero-order valence-electron chi connectivity index (χ0n) is 9.92. The molecule has 0 fully saturated rings. The number of carbonyl (C=O) groups is 1. The Kier molecular flexibility index (Phi) is 3.15. The van der Waals surface area contributed by atoms with Crippen LogP contribution in [0.15, 0.2) is 41.1 Å². The molecule has 8 heteroatoms. The number of nitrogens with one attached hydrogen (secondary N) is 1. The van der Waals surface area contributed by atoms with Gasteiger partial charge in [0.25, 0.3) is 5.91 Å². The first-order valence-corrected chi connectivity index (χ1v) is 6.36. The molecule has 3 rings (SSSR count). The first kappa shape index (κ1) is 12.7. The van der Waals surface area contributed by atoms with Crippen molar-refractivity contribution in [3.05, 3.63) is 52.6 Å². The van der Waals surface area contributed by atoms with E-state index >= 15 is 0 Å². The summed E-state index contributed by atoms with van der Waals surface area (Å²) in [4.78, 5) is 20.0. The van der Waals surface area contributed by atoms with Crippen LogP contribution in [0.5, 0.6) is 0 Å². The SMILES string of the molecule is O=C(Nc1nc2ccc(F)cn2n1)c1ncccc1Br. The van der Waals surface area contributed by atoms with Crippen molar-refractivity contribution in [2.75, 3.05) is 5.32 Å². The van der Waals surface area contributed by atoms with Gasteiger partial charge in [-0.25, -0.2) is 13.9 Å². The van der Waals surface area contributed by atoms with Gasteiger partial charge in [-0.3, -0.25) is 10.1 Å². The maximum Gasteiger partial charge on any atom is 0.277 e. The number of fused-ring (bicyclic) bond motifs is 1. The summed E-state index contributed by atoms with van der Waals surface area (Å²) in [6, 6.07) is 6.14. The van der Waals surface area contributed by atoms with Crippen LogP contribution in [0.3, 0.4) is 0 Å². The molecule has 0 saturated carbocycles. The second-order valence-electron chi connectivity index (χ2n) is 3.87. The summed E-state index contributed by atoms with van der Waals surface area (Å²) in [6.45, 7) is 0. The number of amides is 1. The molecule has 100 valence electrons. The maximum atomic E-state index is 13.0. The predicted molar refractivity (Wildman–Crippen MR) is 72.8 cm³/mol. The van der Waals surface area contributed by atoms with Crippen molar-refractivity contribution in [2.24, 2.45) is 0 Å². The second kappa shape index (κ2) is 4.97. The van der Waals surface area contributed by atoms with Gasteiger partial charge in [-0.2, -0.15) is 4.98 Å². The van der Waals surface area contributed by atoms with Crippen LogP contribution in [0.4, 0.5) is 10.3 Å². The average Bonchev–Trinajstić information content (AvgIpc) is 2.80. The van der Waals surface area contributed by atoms with Crippen molar-refractivity contribution in [1.82, 2.24) is 19.6 Å². The first-order valence-electron chi connectivity index (χ1n) is 5.57. The second-order valence-corrected chi connectivity index (χ2v) is 4.73. The molecule has 3 aromatic rings. The standard InChI is InChI=1S/C12H7BrFN5O/c13-8-2-1-5-15-10(8)11(20)17-12-16-9-4-3-7(14)6-19(9)18-12/h1-6H,(H,17,18,20). The van der Waals surface area contributed by atoms with Gasteiger partial charge in [0.05, 0.1) is 6.20 Å². The summed E-state index contributed by atoms with van der Waals surface area (Å²) in [5, 5.41) is 6.47. The van der Waals surface area contributed by atoms with Crippen molar-refractivity contribution in [3.63, 3.8) is 0 Å². The van der Waals surface area contributed by atoms with E-state index in [1.807, 2.05) is 0 Å². The number of nitrogens with zero attached hydrogens (tertiary/aromatic N) is 4. The molecule has 0 unspecified atom stereocenters. The lowest BCUT2D eigenvalue weighted by Crippen LogP contribution is -2.15. The highest BCUT2D eigenvalue weighted by Gasteiger charge is 2.14. The molecule has 0 radical (unpaired) electrons. The van der Waals surface area contributed by atoms with Crippen LogP contribution >= 0.6 is 15.9 Å². The summed E-state index contributed by atoms with van der Waals surface area (Å²) < 4.78 is 14.8. The molecule has 0 aliphatic heterocycles. The Balaban J connectivity index is 1.89. The molecule has 0 spiro atoms. The number of aromatic nitrogens is 4. The van der Waals surface area contributed by atoms with Gasteiger partial charge < -0.3 is 0 Å². The number of rotatable bonds is 2. The van der Waals surface area contributed by atoms with Crippen molar-refractivity contribution < 1.29 is 9.18 Å². The number of anilines is 1. The van der Waals surface area contributed by atoms with Gasteiger partial charge >= 0.3 is 0 Å². The van der Waals surface area contributed by atoms with E-state index in [0.717, 1.165) is 0 Å². The van der Waals surface area contributed by atoms with Crippen LogP contribution in [0, 0.1) is 5.82 Å². The van der Waals surface area contributed by atoms with E-state index in [1.165, 1.54) is 29.0 Å². The minimum atomic E-state index is -0.450. The molecule has 0 bridgehead atoms. The molecule has 20 heavy (non-hydrogen) atoms. The molecule has 3 heterocycles. The summed E-state index contributed by atoms with van der Waals surface area (Å²) in [5.41, 5.74) is 0.652. The molecule has 1 N–H and O–H groups in total. The summed E-state index contributed by atoms with van der Waals surface area (Å²) in [7, 11) is 0. The Hall–Kier alpha value is -2.35. The third-order valence-corrected chi connectivity index (χ3v) is 3.13. The minimum absolute atomic E-state index is 0.0816. The highest BCUT2D eigenvalue weighted by atomic mass is 79.9. The zero-order valence-corrected chi connectivity index (χ0v) is 11.5. The predicted octanol–water partition coefficient (Wildman–Crippen LogP) is 2.28. The van der Waals surface area contributed by atoms with E-state index in [2.05, 4.69) is 36.3 Å². The van der Waals surface area contributed by atoms with Crippen molar-refractivity contribution in [1.29, 1.82) is 0 Å². The van der Waals surface area contributed by atoms with Gasteiger partial charge in [-0.15, -0.1) is 5.10 Å². The molecule has 0 saturated heterocycles. The van der Waals surface area contributed by atoms with E-state index in [9.17, 15) is 9.18 Å². The average molecular weight is 336 g/mol. The lowest BCUT2D eigenvalue weighted by atomic mass is 10.3. The summed E-state index contributed by atoms with van der Waals surface area (Å²) in [6.07, 6.45) is 2.68. The van der Waals surface area contributed by atoms with E-state index in [-0.39, 0.29) is 11.6 Å².